The second-order valence-electron chi connectivity index (χ2n) is 5.52. The van der Waals surface area contributed by atoms with Gasteiger partial charge in [0.25, 0.3) is 0 Å². The lowest BCUT2D eigenvalue weighted by molar-refractivity contribution is -0.156. The summed E-state index contributed by atoms with van der Waals surface area (Å²) in [7, 11) is 0. The van der Waals surface area contributed by atoms with E-state index in [0.29, 0.717) is 18.3 Å². The van der Waals surface area contributed by atoms with E-state index in [1.54, 1.807) is 0 Å². The van der Waals surface area contributed by atoms with Crippen molar-refractivity contribution in [2.75, 3.05) is 13.1 Å². The monoisotopic (exact) mass is 213 g/mol. The van der Waals surface area contributed by atoms with Gasteiger partial charge in [-0.3, -0.25) is 4.79 Å². The molecule has 1 aliphatic heterocycles. The molecular weight excluding hydrogens is 190 g/mol. The van der Waals surface area contributed by atoms with Crippen LogP contribution in [0.4, 0.5) is 0 Å². The number of rotatable bonds is 2. The van der Waals surface area contributed by atoms with E-state index in [4.69, 9.17) is 4.74 Å². The van der Waals surface area contributed by atoms with E-state index in [9.17, 15) is 4.79 Å². The lowest BCUT2D eigenvalue weighted by Crippen LogP contribution is -2.37. The van der Waals surface area contributed by atoms with Gasteiger partial charge in [-0.2, -0.15) is 0 Å². The van der Waals surface area contributed by atoms with Crippen LogP contribution in [0.25, 0.3) is 0 Å². The minimum Gasteiger partial charge on any atom is -0.460 e. The molecule has 0 unspecified atom stereocenters. The molecule has 1 N–H and O–H groups in total. The Morgan fingerprint density at radius 3 is 2.67 bits per heavy atom. The quantitative estimate of drug-likeness (QED) is 0.713. The van der Waals surface area contributed by atoms with Gasteiger partial charge in [-0.25, -0.2) is 0 Å². The highest BCUT2D eigenvalue weighted by molar-refractivity contribution is 5.70. The second kappa shape index (κ2) is 4.97. The van der Waals surface area contributed by atoms with Crippen LogP contribution in [0.1, 0.15) is 40.5 Å². The third kappa shape index (κ3) is 4.65. The van der Waals surface area contributed by atoms with Crippen LogP contribution in [0, 0.1) is 11.8 Å². The fraction of sp³-hybridized carbons (Fsp3) is 0.917. The third-order valence-electron chi connectivity index (χ3n) is 2.81. The van der Waals surface area contributed by atoms with Crippen LogP contribution >= 0.6 is 0 Å². The molecule has 1 heterocycles. The van der Waals surface area contributed by atoms with Gasteiger partial charge < -0.3 is 10.1 Å². The Morgan fingerprint density at radius 1 is 1.47 bits per heavy atom. The van der Waals surface area contributed by atoms with Crippen molar-refractivity contribution in [3.05, 3.63) is 0 Å². The number of hydrogen-bond acceptors (Lipinski definition) is 3. The van der Waals surface area contributed by atoms with Crippen molar-refractivity contribution < 1.29 is 9.53 Å². The summed E-state index contributed by atoms with van der Waals surface area (Å²) in [5.74, 6) is 1.01. The first-order valence-corrected chi connectivity index (χ1v) is 5.81. The summed E-state index contributed by atoms with van der Waals surface area (Å²) < 4.78 is 5.33. The van der Waals surface area contributed by atoms with Crippen molar-refractivity contribution in [1.82, 2.24) is 5.32 Å². The number of piperidine rings is 1. The Hall–Kier alpha value is -0.570. The molecule has 2 atom stereocenters. The summed E-state index contributed by atoms with van der Waals surface area (Å²) in [5.41, 5.74) is -0.354. The number of carbonyl (C=O) groups is 1. The van der Waals surface area contributed by atoms with Crippen LogP contribution < -0.4 is 5.32 Å². The molecule has 0 amide bonds. The van der Waals surface area contributed by atoms with Crippen molar-refractivity contribution in [2.45, 2.75) is 46.1 Å². The zero-order chi connectivity index (χ0) is 11.5. The molecule has 0 aromatic carbocycles. The van der Waals surface area contributed by atoms with Gasteiger partial charge >= 0.3 is 5.97 Å². The average Bonchev–Trinajstić information content (AvgIpc) is 2.05. The molecule has 1 saturated heterocycles. The van der Waals surface area contributed by atoms with E-state index in [-0.39, 0.29) is 11.6 Å². The predicted molar refractivity (Wildman–Crippen MR) is 60.6 cm³/mol. The largest absolute Gasteiger partial charge is 0.460 e. The van der Waals surface area contributed by atoms with E-state index in [1.165, 1.54) is 0 Å². The summed E-state index contributed by atoms with van der Waals surface area (Å²) in [4.78, 5) is 11.6. The van der Waals surface area contributed by atoms with Gasteiger partial charge in [-0.15, -0.1) is 0 Å². The van der Waals surface area contributed by atoms with E-state index in [0.717, 1.165) is 19.5 Å². The Kier molecular flexibility index (Phi) is 4.14. The summed E-state index contributed by atoms with van der Waals surface area (Å²) in [6.07, 6.45) is 1.65. The molecule has 3 heteroatoms. The number of hydrogen-bond donors (Lipinski definition) is 1. The van der Waals surface area contributed by atoms with Crippen LogP contribution in [0.5, 0.6) is 0 Å². The molecule has 0 aliphatic carbocycles. The third-order valence-corrected chi connectivity index (χ3v) is 2.81. The molecule has 0 aromatic heterocycles. The Morgan fingerprint density at radius 2 is 2.13 bits per heavy atom. The standard InChI is InChI=1S/C12H23NO2/c1-9-8-13-6-5-10(9)7-11(14)15-12(2,3)4/h9-10,13H,5-8H2,1-4H3/t9-,10-/m1/s1. The van der Waals surface area contributed by atoms with Gasteiger partial charge in [0, 0.05) is 6.42 Å². The van der Waals surface area contributed by atoms with Crippen molar-refractivity contribution in [1.29, 1.82) is 0 Å². The summed E-state index contributed by atoms with van der Waals surface area (Å²) in [5, 5.41) is 3.33. The Labute approximate surface area is 92.6 Å². The number of carbonyl (C=O) groups excluding carboxylic acids is 1. The topological polar surface area (TPSA) is 38.3 Å². The van der Waals surface area contributed by atoms with Crippen LogP contribution in [0.3, 0.4) is 0 Å². The van der Waals surface area contributed by atoms with Crippen molar-refractivity contribution >= 4 is 5.97 Å². The molecule has 3 nitrogen and oxygen atoms in total. The minimum absolute atomic E-state index is 0.0544. The van der Waals surface area contributed by atoms with Gasteiger partial charge in [-0.1, -0.05) is 6.92 Å². The van der Waals surface area contributed by atoms with Gasteiger partial charge in [-0.05, 0) is 52.1 Å². The molecule has 0 radical (unpaired) electrons. The van der Waals surface area contributed by atoms with Crippen LogP contribution in [-0.2, 0) is 9.53 Å². The van der Waals surface area contributed by atoms with Crippen LogP contribution in [-0.4, -0.2) is 24.7 Å². The first-order valence-electron chi connectivity index (χ1n) is 5.81. The molecule has 1 fully saturated rings. The van der Waals surface area contributed by atoms with E-state index >= 15 is 0 Å². The summed E-state index contributed by atoms with van der Waals surface area (Å²) >= 11 is 0. The maximum atomic E-state index is 11.6. The van der Waals surface area contributed by atoms with Crippen LogP contribution in [0.15, 0.2) is 0 Å². The number of ether oxygens (including phenoxy) is 1. The highest BCUT2D eigenvalue weighted by Crippen LogP contribution is 2.23. The number of nitrogens with one attached hydrogen (secondary N) is 1. The second-order valence-corrected chi connectivity index (χ2v) is 5.52. The molecule has 0 aromatic rings. The molecule has 0 spiro atoms. The molecule has 1 rings (SSSR count). The maximum absolute atomic E-state index is 11.6. The molecular formula is C12H23NO2. The van der Waals surface area contributed by atoms with Crippen LogP contribution in [0.2, 0.25) is 0 Å². The lowest BCUT2D eigenvalue weighted by atomic mass is 9.85. The lowest BCUT2D eigenvalue weighted by Gasteiger charge is -2.29. The van der Waals surface area contributed by atoms with E-state index < -0.39 is 0 Å². The Balaban J connectivity index is 2.36. The SMILES string of the molecule is C[C@@H]1CNCC[C@@H]1CC(=O)OC(C)(C)C. The smallest absolute Gasteiger partial charge is 0.306 e. The van der Waals surface area contributed by atoms with Gasteiger partial charge in [0.15, 0.2) is 0 Å². The van der Waals surface area contributed by atoms with Crippen molar-refractivity contribution in [3.63, 3.8) is 0 Å². The summed E-state index contributed by atoms with van der Waals surface area (Å²) in [6.45, 7) is 9.98. The molecule has 1 aliphatic rings. The van der Waals surface area contributed by atoms with E-state index in [1.807, 2.05) is 20.8 Å². The fourth-order valence-corrected chi connectivity index (χ4v) is 1.97. The normalized spacial score (nSPS) is 27.5. The molecule has 0 bridgehead atoms. The highest BCUT2D eigenvalue weighted by Gasteiger charge is 2.26. The molecule has 15 heavy (non-hydrogen) atoms. The van der Waals surface area contributed by atoms with E-state index in [2.05, 4.69) is 12.2 Å². The first-order chi connectivity index (χ1) is 6.88. The maximum Gasteiger partial charge on any atom is 0.306 e. The zero-order valence-electron chi connectivity index (χ0n) is 10.3. The summed E-state index contributed by atoms with van der Waals surface area (Å²) in [6, 6.07) is 0. The Bertz CT molecular complexity index is 220. The van der Waals surface area contributed by atoms with Crippen molar-refractivity contribution in [2.24, 2.45) is 11.8 Å². The first kappa shape index (κ1) is 12.5. The predicted octanol–water partition coefficient (Wildman–Crippen LogP) is 1.96. The van der Waals surface area contributed by atoms with Gasteiger partial charge in [0.2, 0.25) is 0 Å². The fourth-order valence-electron chi connectivity index (χ4n) is 1.97. The van der Waals surface area contributed by atoms with Crippen molar-refractivity contribution in [3.8, 4) is 0 Å². The minimum atomic E-state index is -0.354. The zero-order valence-corrected chi connectivity index (χ0v) is 10.3. The average molecular weight is 213 g/mol. The van der Waals surface area contributed by atoms with Gasteiger partial charge in [0.1, 0.15) is 5.60 Å². The highest BCUT2D eigenvalue weighted by atomic mass is 16.6. The molecule has 88 valence electrons. The molecule has 0 saturated carbocycles. The van der Waals surface area contributed by atoms with Gasteiger partial charge in [0.05, 0.1) is 0 Å². The number of esters is 1.